The molecule has 0 radical (unpaired) electrons. The molecule has 1 saturated heterocycles. The molecule has 0 N–H and O–H groups in total. The van der Waals surface area contributed by atoms with Crippen molar-refractivity contribution < 1.29 is 0 Å². The Kier molecular flexibility index (Phi) is 4.63. The van der Waals surface area contributed by atoms with Gasteiger partial charge in [-0.3, -0.25) is 9.88 Å². The monoisotopic (exact) mass is 281 g/mol. The van der Waals surface area contributed by atoms with Crippen molar-refractivity contribution in [2.75, 3.05) is 32.7 Å². The lowest BCUT2D eigenvalue weighted by Gasteiger charge is -2.34. The Morgan fingerprint density at radius 2 is 1.62 bits per heavy atom. The van der Waals surface area contributed by atoms with E-state index in [1.165, 1.54) is 36.3 Å². The summed E-state index contributed by atoms with van der Waals surface area (Å²) in [5.74, 6) is 0. The van der Waals surface area contributed by atoms with Gasteiger partial charge in [-0.1, -0.05) is 37.3 Å². The second-order valence-corrected chi connectivity index (χ2v) is 5.66. The Morgan fingerprint density at radius 3 is 2.33 bits per heavy atom. The maximum absolute atomic E-state index is 4.42. The van der Waals surface area contributed by atoms with E-state index in [9.17, 15) is 0 Å². The summed E-state index contributed by atoms with van der Waals surface area (Å²) in [6, 6.07) is 12.8. The van der Waals surface area contributed by atoms with Crippen LogP contribution in [-0.4, -0.2) is 47.5 Å². The Bertz CT molecular complexity index is 560. The summed E-state index contributed by atoms with van der Waals surface area (Å²) < 4.78 is 0. The minimum absolute atomic E-state index is 1.01. The Balaban J connectivity index is 1.67. The summed E-state index contributed by atoms with van der Waals surface area (Å²) in [5.41, 5.74) is 3.75. The zero-order valence-electron chi connectivity index (χ0n) is 12.7. The van der Waals surface area contributed by atoms with Gasteiger partial charge in [0.15, 0.2) is 0 Å². The van der Waals surface area contributed by atoms with E-state index in [-0.39, 0.29) is 0 Å². The third-order valence-corrected chi connectivity index (χ3v) is 4.22. The molecule has 1 fully saturated rings. The SMILES string of the molecule is CCN1CCN(Cc2cncc(-c3ccccc3)c2)CC1. The molecule has 3 heteroatoms. The van der Waals surface area contributed by atoms with Crippen LogP contribution in [0.25, 0.3) is 11.1 Å². The van der Waals surface area contributed by atoms with E-state index in [4.69, 9.17) is 0 Å². The van der Waals surface area contributed by atoms with Crippen molar-refractivity contribution in [2.24, 2.45) is 0 Å². The number of hydrogen-bond donors (Lipinski definition) is 0. The van der Waals surface area contributed by atoms with Crippen LogP contribution < -0.4 is 0 Å². The molecule has 0 amide bonds. The number of pyridine rings is 1. The highest BCUT2D eigenvalue weighted by Crippen LogP contribution is 2.19. The van der Waals surface area contributed by atoms with Gasteiger partial charge in [-0.25, -0.2) is 0 Å². The Hall–Kier alpha value is -1.71. The van der Waals surface area contributed by atoms with Gasteiger partial charge < -0.3 is 4.90 Å². The predicted octanol–water partition coefficient (Wildman–Crippen LogP) is 2.89. The summed E-state index contributed by atoms with van der Waals surface area (Å²) in [5, 5.41) is 0. The maximum atomic E-state index is 4.42. The minimum atomic E-state index is 1.01. The minimum Gasteiger partial charge on any atom is -0.301 e. The first-order chi connectivity index (χ1) is 10.3. The first-order valence-electron chi connectivity index (χ1n) is 7.79. The van der Waals surface area contributed by atoms with Crippen LogP contribution in [0.2, 0.25) is 0 Å². The standard InChI is InChI=1S/C18H23N3/c1-2-20-8-10-21(11-9-20)15-16-12-18(14-19-13-16)17-6-4-3-5-7-17/h3-7,12-14H,2,8-11,15H2,1H3. The van der Waals surface area contributed by atoms with Crippen molar-refractivity contribution >= 4 is 0 Å². The van der Waals surface area contributed by atoms with E-state index in [0.717, 1.165) is 19.6 Å². The molecule has 1 aliphatic rings. The van der Waals surface area contributed by atoms with Crippen molar-refractivity contribution in [1.29, 1.82) is 0 Å². The molecular weight excluding hydrogens is 258 g/mol. The van der Waals surface area contributed by atoms with Crippen molar-refractivity contribution in [3.8, 4) is 11.1 Å². The molecule has 0 aliphatic carbocycles. The second kappa shape index (κ2) is 6.83. The highest BCUT2D eigenvalue weighted by atomic mass is 15.3. The molecule has 3 nitrogen and oxygen atoms in total. The van der Waals surface area contributed by atoms with Crippen LogP contribution in [0.4, 0.5) is 0 Å². The Morgan fingerprint density at radius 1 is 0.905 bits per heavy atom. The third kappa shape index (κ3) is 3.69. The van der Waals surface area contributed by atoms with Crippen LogP contribution in [0.3, 0.4) is 0 Å². The van der Waals surface area contributed by atoms with Crippen molar-refractivity contribution in [2.45, 2.75) is 13.5 Å². The fourth-order valence-corrected chi connectivity index (χ4v) is 2.88. The number of hydrogen-bond acceptors (Lipinski definition) is 3. The lowest BCUT2D eigenvalue weighted by Crippen LogP contribution is -2.45. The fourth-order valence-electron chi connectivity index (χ4n) is 2.88. The van der Waals surface area contributed by atoms with Crippen LogP contribution in [0.1, 0.15) is 12.5 Å². The van der Waals surface area contributed by atoms with Crippen LogP contribution >= 0.6 is 0 Å². The summed E-state index contributed by atoms with van der Waals surface area (Å²) in [7, 11) is 0. The van der Waals surface area contributed by atoms with Crippen molar-refractivity contribution in [3.63, 3.8) is 0 Å². The molecule has 0 atom stereocenters. The number of nitrogens with zero attached hydrogens (tertiary/aromatic N) is 3. The average molecular weight is 281 g/mol. The summed E-state index contributed by atoms with van der Waals surface area (Å²) >= 11 is 0. The molecule has 110 valence electrons. The molecular formula is C18H23N3. The van der Waals surface area contributed by atoms with Gasteiger partial charge >= 0.3 is 0 Å². The second-order valence-electron chi connectivity index (χ2n) is 5.66. The number of piperazine rings is 1. The largest absolute Gasteiger partial charge is 0.301 e. The molecule has 2 heterocycles. The summed E-state index contributed by atoms with van der Waals surface area (Å²) in [4.78, 5) is 9.46. The molecule has 1 aliphatic heterocycles. The van der Waals surface area contributed by atoms with Gasteiger partial charge in [-0.15, -0.1) is 0 Å². The zero-order valence-corrected chi connectivity index (χ0v) is 12.7. The lowest BCUT2D eigenvalue weighted by molar-refractivity contribution is 0.132. The van der Waals surface area contributed by atoms with Crippen molar-refractivity contribution in [3.05, 3.63) is 54.4 Å². The lowest BCUT2D eigenvalue weighted by atomic mass is 10.1. The maximum Gasteiger partial charge on any atom is 0.0346 e. The Labute approximate surface area is 127 Å². The average Bonchev–Trinajstić information content (AvgIpc) is 2.57. The van der Waals surface area contributed by atoms with E-state index >= 15 is 0 Å². The molecule has 0 saturated carbocycles. The summed E-state index contributed by atoms with van der Waals surface area (Å²) in [6.07, 6.45) is 3.95. The predicted molar refractivity (Wildman–Crippen MR) is 87.1 cm³/mol. The number of benzene rings is 1. The van der Waals surface area contributed by atoms with Gasteiger partial charge in [-0.2, -0.15) is 0 Å². The van der Waals surface area contributed by atoms with E-state index in [2.05, 4.69) is 52.0 Å². The van der Waals surface area contributed by atoms with Gasteiger partial charge in [0.1, 0.15) is 0 Å². The molecule has 1 aromatic heterocycles. The van der Waals surface area contributed by atoms with Gasteiger partial charge in [0.25, 0.3) is 0 Å². The molecule has 1 aromatic carbocycles. The van der Waals surface area contributed by atoms with Crippen LogP contribution in [0.5, 0.6) is 0 Å². The molecule has 2 aromatic rings. The fraction of sp³-hybridized carbons (Fsp3) is 0.389. The van der Waals surface area contributed by atoms with E-state index < -0.39 is 0 Å². The summed E-state index contributed by atoms with van der Waals surface area (Å²) in [6.45, 7) is 9.09. The quantitative estimate of drug-likeness (QED) is 0.859. The topological polar surface area (TPSA) is 19.4 Å². The van der Waals surface area contributed by atoms with E-state index in [1.807, 2.05) is 18.5 Å². The number of likely N-dealkylation sites (N-methyl/N-ethyl adjacent to an activating group) is 1. The van der Waals surface area contributed by atoms with Crippen LogP contribution in [-0.2, 0) is 6.54 Å². The number of aromatic nitrogens is 1. The smallest absolute Gasteiger partial charge is 0.0346 e. The first-order valence-corrected chi connectivity index (χ1v) is 7.79. The molecule has 0 spiro atoms. The van der Waals surface area contributed by atoms with Crippen LogP contribution in [0.15, 0.2) is 48.8 Å². The highest BCUT2D eigenvalue weighted by Gasteiger charge is 2.15. The highest BCUT2D eigenvalue weighted by molar-refractivity contribution is 5.62. The van der Waals surface area contributed by atoms with Gasteiger partial charge in [0.2, 0.25) is 0 Å². The first kappa shape index (κ1) is 14.2. The van der Waals surface area contributed by atoms with Gasteiger partial charge in [0, 0.05) is 50.7 Å². The number of rotatable bonds is 4. The van der Waals surface area contributed by atoms with Gasteiger partial charge in [-0.05, 0) is 23.7 Å². The normalized spacial score (nSPS) is 17.0. The third-order valence-electron chi connectivity index (χ3n) is 4.22. The van der Waals surface area contributed by atoms with E-state index in [1.54, 1.807) is 0 Å². The molecule has 21 heavy (non-hydrogen) atoms. The molecule has 0 unspecified atom stereocenters. The zero-order chi connectivity index (χ0) is 14.5. The van der Waals surface area contributed by atoms with Crippen LogP contribution in [0, 0.1) is 0 Å². The van der Waals surface area contributed by atoms with Crippen molar-refractivity contribution in [1.82, 2.24) is 14.8 Å². The molecule has 3 rings (SSSR count). The van der Waals surface area contributed by atoms with E-state index in [0.29, 0.717) is 0 Å². The molecule has 0 bridgehead atoms. The van der Waals surface area contributed by atoms with Gasteiger partial charge in [0.05, 0.1) is 0 Å².